The summed E-state index contributed by atoms with van der Waals surface area (Å²) in [6.07, 6.45) is -0.972. The van der Waals surface area contributed by atoms with Crippen molar-refractivity contribution in [1.29, 1.82) is 0 Å². The fourth-order valence-electron chi connectivity index (χ4n) is 3.67. The normalized spacial score (nSPS) is 30.0. The third-order valence-electron chi connectivity index (χ3n) is 5.47. The first-order chi connectivity index (χ1) is 15.2. The highest BCUT2D eigenvalue weighted by atomic mass is 31.3. The van der Waals surface area contributed by atoms with E-state index in [0.29, 0.717) is 17.4 Å². The highest BCUT2D eigenvalue weighted by Crippen LogP contribution is 2.58. The van der Waals surface area contributed by atoms with Gasteiger partial charge in [0, 0.05) is 13.1 Å². The van der Waals surface area contributed by atoms with Crippen molar-refractivity contribution < 1.29 is 47.6 Å². The first-order valence-electron chi connectivity index (χ1n) is 9.72. The number of phosphoric acid groups is 2. The van der Waals surface area contributed by atoms with Crippen LogP contribution in [0.3, 0.4) is 0 Å². The molecule has 33 heavy (non-hydrogen) atoms. The number of phosphoric ester groups is 1. The van der Waals surface area contributed by atoms with Crippen LogP contribution in [0.4, 0.5) is 11.8 Å². The molecule has 16 nitrogen and oxygen atoms in total. The zero-order valence-corrected chi connectivity index (χ0v) is 19.3. The lowest BCUT2D eigenvalue weighted by atomic mass is 9.96. The number of nitrogen functional groups attached to an aromatic ring is 1. The Labute approximate surface area is 186 Å². The smallest absolute Gasteiger partial charge is 0.387 e. The summed E-state index contributed by atoms with van der Waals surface area (Å²) in [6, 6.07) is 0.298. The quantitative estimate of drug-likeness (QED) is 0.239. The Bertz CT molecular complexity index is 1150. The number of fused-ring (bicyclic) bond motifs is 1. The molecule has 2 fully saturated rings. The van der Waals surface area contributed by atoms with Gasteiger partial charge in [0.15, 0.2) is 23.2 Å². The number of imidazole rings is 1. The zero-order valence-electron chi connectivity index (χ0n) is 17.5. The molecule has 2 aliphatic rings. The van der Waals surface area contributed by atoms with E-state index in [1.54, 1.807) is 0 Å². The molecule has 0 radical (unpaired) electrons. The summed E-state index contributed by atoms with van der Waals surface area (Å²) in [5, 5.41) is 21.5. The van der Waals surface area contributed by atoms with E-state index in [1.165, 1.54) is 17.8 Å². The predicted octanol–water partition coefficient (Wildman–Crippen LogP) is -0.757. The Hall–Kier alpha value is -1.71. The van der Waals surface area contributed by atoms with Gasteiger partial charge in [0.2, 0.25) is 5.95 Å². The molecule has 5 atom stereocenters. The fourth-order valence-corrected chi connectivity index (χ4v) is 5.27. The second-order valence-corrected chi connectivity index (χ2v) is 10.9. The Balaban J connectivity index is 1.60. The molecule has 184 valence electrons. The largest absolute Gasteiger partial charge is 0.481 e. The molecule has 1 saturated carbocycles. The van der Waals surface area contributed by atoms with Crippen LogP contribution in [0.2, 0.25) is 0 Å². The van der Waals surface area contributed by atoms with Crippen LogP contribution in [-0.4, -0.2) is 81.9 Å². The summed E-state index contributed by atoms with van der Waals surface area (Å²) in [5.41, 5.74) is 4.54. The molecular formula is C15H24N6O10P2. The van der Waals surface area contributed by atoms with E-state index in [1.807, 2.05) is 11.9 Å². The average molecular weight is 510 g/mol. The summed E-state index contributed by atoms with van der Waals surface area (Å²) >= 11 is 0. The summed E-state index contributed by atoms with van der Waals surface area (Å²) < 4.78 is 37.7. The molecule has 3 heterocycles. The second kappa shape index (κ2) is 8.20. The molecule has 1 aliphatic carbocycles. The van der Waals surface area contributed by atoms with E-state index in [4.69, 9.17) is 20.3 Å². The maximum atomic E-state index is 11.7. The van der Waals surface area contributed by atoms with Gasteiger partial charge in [0.1, 0.15) is 17.8 Å². The first-order valence-corrected chi connectivity index (χ1v) is 12.7. The van der Waals surface area contributed by atoms with Crippen molar-refractivity contribution in [1.82, 2.24) is 19.5 Å². The summed E-state index contributed by atoms with van der Waals surface area (Å²) in [5.74, 6) is 0.452. The van der Waals surface area contributed by atoms with Crippen LogP contribution in [0.1, 0.15) is 26.0 Å². The topological polar surface area (TPSA) is 236 Å². The predicted molar refractivity (Wildman–Crippen MR) is 111 cm³/mol. The van der Waals surface area contributed by atoms with Crippen molar-refractivity contribution in [3.8, 4) is 0 Å². The molecule has 1 unspecified atom stereocenters. The number of hydrogen-bond donors (Lipinski definition) is 6. The van der Waals surface area contributed by atoms with Crippen LogP contribution in [0.15, 0.2) is 6.33 Å². The van der Waals surface area contributed by atoms with Crippen LogP contribution in [-0.2, 0) is 22.7 Å². The van der Waals surface area contributed by atoms with E-state index >= 15 is 0 Å². The van der Waals surface area contributed by atoms with Crippen LogP contribution < -0.4 is 10.6 Å². The van der Waals surface area contributed by atoms with E-state index in [-0.39, 0.29) is 11.6 Å². The van der Waals surface area contributed by atoms with Gasteiger partial charge in [0.05, 0.1) is 12.9 Å². The third-order valence-corrected chi connectivity index (χ3v) is 7.62. The monoisotopic (exact) mass is 510 g/mol. The lowest BCUT2D eigenvalue weighted by Crippen LogP contribution is -2.44. The second-order valence-electron chi connectivity index (χ2n) is 8.11. The minimum atomic E-state index is -5.32. The van der Waals surface area contributed by atoms with Gasteiger partial charge in [-0.2, -0.15) is 14.3 Å². The van der Waals surface area contributed by atoms with Gasteiger partial charge in [-0.05, 0) is 19.8 Å². The Morgan fingerprint density at radius 3 is 2.61 bits per heavy atom. The molecule has 0 amide bonds. The fraction of sp³-hybridized carbons (Fsp3) is 0.667. The van der Waals surface area contributed by atoms with Gasteiger partial charge in [-0.25, -0.2) is 14.1 Å². The number of ether oxygens (including phenoxy) is 1. The third kappa shape index (κ3) is 4.91. The van der Waals surface area contributed by atoms with E-state index < -0.39 is 46.3 Å². The van der Waals surface area contributed by atoms with Gasteiger partial charge in [-0.1, -0.05) is 0 Å². The number of aliphatic hydroxyl groups is 2. The van der Waals surface area contributed by atoms with Crippen molar-refractivity contribution in [2.45, 2.75) is 49.8 Å². The van der Waals surface area contributed by atoms with Gasteiger partial charge in [-0.3, -0.25) is 9.09 Å². The highest BCUT2D eigenvalue weighted by molar-refractivity contribution is 7.60. The van der Waals surface area contributed by atoms with E-state index in [9.17, 15) is 24.2 Å². The number of hydrogen-bond acceptors (Lipinski definition) is 12. The molecule has 0 aromatic carbocycles. The van der Waals surface area contributed by atoms with E-state index in [2.05, 4.69) is 23.8 Å². The van der Waals surface area contributed by atoms with Gasteiger partial charge >= 0.3 is 15.6 Å². The summed E-state index contributed by atoms with van der Waals surface area (Å²) in [7, 11) is -8.65. The van der Waals surface area contributed by atoms with Crippen molar-refractivity contribution in [3.63, 3.8) is 0 Å². The lowest BCUT2D eigenvalue weighted by molar-refractivity contribution is -0.0949. The van der Waals surface area contributed by atoms with Gasteiger partial charge < -0.3 is 40.3 Å². The molecule has 4 rings (SSSR count). The van der Waals surface area contributed by atoms with Crippen LogP contribution in [0.5, 0.6) is 0 Å². The number of anilines is 2. The minimum absolute atomic E-state index is 0.0411. The van der Waals surface area contributed by atoms with Crippen molar-refractivity contribution >= 4 is 38.6 Å². The lowest BCUT2D eigenvalue weighted by Gasteiger charge is -2.27. The molecular weight excluding hydrogens is 486 g/mol. The first kappa shape index (κ1) is 24.4. The number of nitrogens with two attached hydrogens (primary N) is 1. The Morgan fingerprint density at radius 2 is 2.00 bits per heavy atom. The molecule has 2 aromatic heterocycles. The minimum Gasteiger partial charge on any atom is -0.387 e. The summed E-state index contributed by atoms with van der Waals surface area (Å²) in [6.45, 7) is 0.432. The average Bonchev–Trinajstić information content (AvgIpc) is 3.40. The summed E-state index contributed by atoms with van der Waals surface area (Å²) in [4.78, 5) is 41.5. The van der Waals surface area contributed by atoms with E-state index in [0.717, 1.165) is 12.8 Å². The van der Waals surface area contributed by atoms with Crippen molar-refractivity contribution in [2.75, 3.05) is 24.3 Å². The maximum absolute atomic E-state index is 11.7. The number of aliphatic hydroxyl groups excluding tert-OH is 1. The molecule has 18 heteroatoms. The SMILES string of the molecule is CN(c1nc(N)nc2c1ncn2[C@@H]1O[C@H](COP(=O)(O)OP(=O)(O)O)[C@@H](O)[C@@]1(C)O)C1CC1. The van der Waals surface area contributed by atoms with Crippen LogP contribution >= 0.6 is 15.6 Å². The molecule has 0 spiro atoms. The molecule has 0 bridgehead atoms. The molecule has 2 aromatic rings. The molecule has 1 saturated heterocycles. The Kier molecular flexibility index (Phi) is 6.07. The van der Waals surface area contributed by atoms with Crippen molar-refractivity contribution in [2.24, 2.45) is 0 Å². The zero-order chi connectivity index (χ0) is 24.3. The maximum Gasteiger partial charge on any atom is 0.481 e. The highest BCUT2D eigenvalue weighted by Gasteiger charge is 2.54. The number of rotatable bonds is 8. The molecule has 7 N–H and O–H groups in total. The van der Waals surface area contributed by atoms with Gasteiger partial charge in [0.25, 0.3) is 0 Å². The van der Waals surface area contributed by atoms with Crippen LogP contribution in [0.25, 0.3) is 11.2 Å². The van der Waals surface area contributed by atoms with Crippen LogP contribution in [0, 0.1) is 0 Å². The molecule has 1 aliphatic heterocycles. The standard InChI is InChI=1S/C15H24N6O10P2/c1-15(23)10(22)8(5-29-33(27,28)31-32(24,25)26)30-13(15)21-6-17-9-11(20(2)7-3-4-7)18-14(16)19-12(9)21/h6-8,10,13,22-23H,3-5H2,1-2H3,(H,27,28)(H2,16,18,19)(H2,24,25,26)/t8-,10-,13-,15-/m1/s1. The number of nitrogens with zero attached hydrogens (tertiary/aromatic N) is 5. The van der Waals surface area contributed by atoms with Crippen molar-refractivity contribution in [3.05, 3.63) is 6.33 Å². The van der Waals surface area contributed by atoms with Gasteiger partial charge in [-0.15, -0.1) is 0 Å². The number of aromatic nitrogens is 4. The Morgan fingerprint density at radius 1 is 1.33 bits per heavy atom.